The summed E-state index contributed by atoms with van der Waals surface area (Å²) in [5.74, 6) is -1.85. The fraction of sp³-hybridized carbons (Fsp3) is 0.467. The average molecular weight is 318 g/mol. The molecule has 0 aliphatic heterocycles. The molecule has 2 heterocycles. The first kappa shape index (κ1) is 15.3. The summed E-state index contributed by atoms with van der Waals surface area (Å²) in [4.78, 5) is 37.3. The molecule has 1 unspecified atom stereocenters. The van der Waals surface area contributed by atoms with Crippen molar-refractivity contribution in [3.05, 3.63) is 34.9 Å². The van der Waals surface area contributed by atoms with Crippen LogP contribution in [0.5, 0.6) is 0 Å². The molecule has 1 aliphatic rings. The van der Waals surface area contributed by atoms with E-state index < -0.39 is 11.9 Å². The number of amides is 1. The number of aromatic nitrogens is 3. The van der Waals surface area contributed by atoms with E-state index in [-0.39, 0.29) is 30.7 Å². The number of carbonyl (C=O) groups excluding carboxylic acids is 1. The molecule has 1 N–H and O–H groups in total. The van der Waals surface area contributed by atoms with Gasteiger partial charge in [-0.05, 0) is 25.0 Å². The lowest BCUT2D eigenvalue weighted by Gasteiger charge is -2.24. The van der Waals surface area contributed by atoms with Gasteiger partial charge in [0, 0.05) is 18.8 Å². The fourth-order valence-electron chi connectivity index (χ4n) is 2.50. The predicted molar refractivity (Wildman–Crippen MR) is 81.0 cm³/mol. The minimum atomic E-state index is -0.937. The van der Waals surface area contributed by atoms with Crippen molar-refractivity contribution < 1.29 is 14.7 Å². The van der Waals surface area contributed by atoms with Crippen molar-refractivity contribution >= 4 is 17.5 Å². The molecule has 1 fully saturated rings. The zero-order valence-electron chi connectivity index (χ0n) is 12.8. The number of pyridine rings is 1. The number of fused-ring (bicyclic) bond motifs is 1. The summed E-state index contributed by atoms with van der Waals surface area (Å²) in [6.07, 6.45) is 3.34. The van der Waals surface area contributed by atoms with E-state index in [1.54, 1.807) is 36.2 Å². The Morgan fingerprint density at radius 2 is 2.17 bits per heavy atom. The summed E-state index contributed by atoms with van der Waals surface area (Å²) in [6, 6.07) is 5.25. The largest absolute Gasteiger partial charge is 0.481 e. The van der Waals surface area contributed by atoms with Crippen molar-refractivity contribution in [2.75, 3.05) is 6.54 Å². The van der Waals surface area contributed by atoms with Crippen molar-refractivity contribution in [3.8, 4) is 0 Å². The SMILES string of the molecule is CC(CN(C(=O)Cn1nc2ccccn2c1=O)C1CC1)C(=O)O. The molecule has 1 aliphatic carbocycles. The topological polar surface area (TPSA) is 96.9 Å². The minimum absolute atomic E-state index is 0.0806. The van der Waals surface area contributed by atoms with E-state index in [1.807, 2.05) is 0 Å². The Bertz CT molecular complexity index is 805. The third-order valence-electron chi connectivity index (χ3n) is 3.97. The van der Waals surface area contributed by atoms with Crippen LogP contribution < -0.4 is 5.69 Å². The lowest BCUT2D eigenvalue weighted by atomic mass is 10.1. The average Bonchev–Trinajstić information content (AvgIpc) is 3.31. The number of carboxylic acid groups (broad SMARTS) is 1. The Morgan fingerprint density at radius 3 is 2.78 bits per heavy atom. The van der Waals surface area contributed by atoms with Crippen LogP contribution in [0.1, 0.15) is 19.8 Å². The maximum atomic E-state index is 12.5. The van der Waals surface area contributed by atoms with Gasteiger partial charge in [0.25, 0.3) is 0 Å². The van der Waals surface area contributed by atoms with Crippen molar-refractivity contribution in [1.82, 2.24) is 19.1 Å². The summed E-state index contributed by atoms with van der Waals surface area (Å²) in [5, 5.41) is 13.2. The molecule has 0 saturated heterocycles. The predicted octanol–water partition coefficient (Wildman–Crippen LogP) is 0.208. The number of hydrogen-bond acceptors (Lipinski definition) is 4. The van der Waals surface area contributed by atoms with Crippen LogP contribution in [0.3, 0.4) is 0 Å². The Kier molecular flexibility index (Phi) is 3.89. The molecular weight excluding hydrogens is 300 g/mol. The molecule has 0 radical (unpaired) electrons. The molecule has 0 aromatic carbocycles. The highest BCUT2D eigenvalue weighted by Crippen LogP contribution is 2.27. The van der Waals surface area contributed by atoms with Crippen LogP contribution in [0.25, 0.3) is 5.65 Å². The van der Waals surface area contributed by atoms with Crippen molar-refractivity contribution in [3.63, 3.8) is 0 Å². The monoisotopic (exact) mass is 318 g/mol. The molecule has 122 valence electrons. The van der Waals surface area contributed by atoms with Crippen LogP contribution >= 0.6 is 0 Å². The molecule has 8 heteroatoms. The van der Waals surface area contributed by atoms with Crippen molar-refractivity contribution in [2.24, 2.45) is 5.92 Å². The molecule has 2 aromatic rings. The minimum Gasteiger partial charge on any atom is -0.481 e. The van der Waals surface area contributed by atoms with Gasteiger partial charge >= 0.3 is 11.7 Å². The van der Waals surface area contributed by atoms with Crippen molar-refractivity contribution in [2.45, 2.75) is 32.4 Å². The molecule has 23 heavy (non-hydrogen) atoms. The van der Waals surface area contributed by atoms with Gasteiger partial charge in [-0.2, -0.15) is 0 Å². The molecule has 8 nitrogen and oxygen atoms in total. The highest BCUT2D eigenvalue weighted by molar-refractivity contribution is 5.78. The molecule has 0 spiro atoms. The standard InChI is InChI=1S/C15H18N4O4/c1-10(14(21)22)8-18(11-5-6-11)13(20)9-19-15(23)17-7-3-2-4-12(17)16-19/h2-4,7,10-11H,5-6,8-9H2,1H3,(H,21,22). The quantitative estimate of drug-likeness (QED) is 0.821. The van der Waals surface area contributed by atoms with E-state index in [9.17, 15) is 14.4 Å². The number of carbonyl (C=O) groups is 2. The summed E-state index contributed by atoms with van der Waals surface area (Å²) in [6.45, 7) is 1.55. The Labute approximate surface area is 131 Å². The van der Waals surface area contributed by atoms with Crippen LogP contribution in [-0.2, 0) is 16.1 Å². The first-order valence-electron chi connectivity index (χ1n) is 7.54. The summed E-state index contributed by atoms with van der Waals surface area (Å²) in [7, 11) is 0. The molecule has 1 saturated carbocycles. The summed E-state index contributed by atoms with van der Waals surface area (Å²) in [5.41, 5.74) is 0.0955. The van der Waals surface area contributed by atoms with Gasteiger partial charge in [0.05, 0.1) is 5.92 Å². The lowest BCUT2D eigenvalue weighted by Crippen LogP contribution is -2.41. The first-order chi connectivity index (χ1) is 11.0. The zero-order chi connectivity index (χ0) is 16.6. The van der Waals surface area contributed by atoms with Crippen LogP contribution in [0.2, 0.25) is 0 Å². The second-order valence-electron chi connectivity index (χ2n) is 5.89. The molecule has 1 atom stereocenters. The maximum Gasteiger partial charge on any atom is 0.350 e. The Balaban J connectivity index is 1.79. The van der Waals surface area contributed by atoms with E-state index in [0.717, 1.165) is 17.5 Å². The molecular formula is C15H18N4O4. The smallest absolute Gasteiger partial charge is 0.350 e. The second-order valence-corrected chi connectivity index (χ2v) is 5.89. The third-order valence-corrected chi connectivity index (χ3v) is 3.97. The van der Waals surface area contributed by atoms with E-state index in [4.69, 9.17) is 5.11 Å². The van der Waals surface area contributed by atoms with Gasteiger partial charge in [0.1, 0.15) is 6.54 Å². The van der Waals surface area contributed by atoms with Crippen LogP contribution in [0.15, 0.2) is 29.2 Å². The van der Waals surface area contributed by atoms with Crippen LogP contribution in [0, 0.1) is 5.92 Å². The number of rotatable bonds is 6. The third kappa shape index (κ3) is 3.10. The fourth-order valence-corrected chi connectivity index (χ4v) is 2.50. The number of nitrogens with zero attached hydrogens (tertiary/aromatic N) is 4. The van der Waals surface area contributed by atoms with Crippen LogP contribution in [-0.4, -0.2) is 48.7 Å². The molecule has 2 aromatic heterocycles. The van der Waals surface area contributed by atoms with E-state index >= 15 is 0 Å². The zero-order valence-corrected chi connectivity index (χ0v) is 12.8. The van der Waals surface area contributed by atoms with Gasteiger partial charge in [-0.1, -0.05) is 13.0 Å². The van der Waals surface area contributed by atoms with Gasteiger partial charge in [-0.3, -0.25) is 14.0 Å². The van der Waals surface area contributed by atoms with Crippen molar-refractivity contribution in [1.29, 1.82) is 0 Å². The van der Waals surface area contributed by atoms with E-state index in [2.05, 4.69) is 5.10 Å². The first-order valence-corrected chi connectivity index (χ1v) is 7.54. The van der Waals surface area contributed by atoms with E-state index in [1.165, 1.54) is 4.40 Å². The van der Waals surface area contributed by atoms with Gasteiger partial charge in [0.15, 0.2) is 5.65 Å². The van der Waals surface area contributed by atoms with Gasteiger partial charge in [0.2, 0.25) is 5.91 Å². The lowest BCUT2D eigenvalue weighted by molar-refractivity contribution is -0.143. The number of carboxylic acids is 1. The van der Waals surface area contributed by atoms with Gasteiger partial charge in [-0.25, -0.2) is 9.48 Å². The molecule has 0 bridgehead atoms. The second kappa shape index (κ2) is 5.86. The van der Waals surface area contributed by atoms with E-state index in [0.29, 0.717) is 5.65 Å². The summed E-state index contributed by atoms with van der Waals surface area (Å²) >= 11 is 0. The highest BCUT2D eigenvalue weighted by atomic mass is 16.4. The number of hydrogen-bond donors (Lipinski definition) is 1. The van der Waals surface area contributed by atoms with Gasteiger partial charge in [-0.15, -0.1) is 5.10 Å². The maximum absolute atomic E-state index is 12.5. The van der Waals surface area contributed by atoms with Gasteiger partial charge < -0.3 is 10.0 Å². The molecule has 3 rings (SSSR count). The highest BCUT2D eigenvalue weighted by Gasteiger charge is 2.34. The normalized spacial score (nSPS) is 15.5. The molecule has 1 amide bonds. The van der Waals surface area contributed by atoms with Crippen LogP contribution in [0.4, 0.5) is 0 Å². The summed E-state index contributed by atoms with van der Waals surface area (Å²) < 4.78 is 2.49. The Hall–Kier alpha value is -2.64. The number of aliphatic carboxylic acids is 1. The Morgan fingerprint density at radius 1 is 1.43 bits per heavy atom.